The maximum absolute atomic E-state index is 12.5. The molecule has 1 heterocycles. The van der Waals surface area contributed by atoms with Crippen molar-refractivity contribution in [2.75, 3.05) is 17.2 Å². The summed E-state index contributed by atoms with van der Waals surface area (Å²) in [6.07, 6.45) is 3.08. The Morgan fingerprint density at radius 1 is 1.00 bits per heavy atom. The van der Waals surface area contributed by atoms with E-state index in [1.165, 1.54) is 24.4 Å². The number of hydrogen-bond donors (Lipinski definition) is 2. The summed E-state index contributed by atoms with van der Waals surface area (Å²) in [6, 6.07) is 15.6. The van der Waals surface area contributed by atoms with E-state index in [0.717, 1.165) is 0 Å². The first-order valence-electron chi connectivity index (χ1n) is 8.51. The van der Waals surface area contributed by atoms with E-state index in [-0.39, 0.29) is 22.7 Å². The van der Waals surface area contributed by atoms with E-state index in [1.807, 2.05) is 0 Å². The molecule has 2 aromatic carbocycles. The Labute approximate surface area is 165 Å². The van der Waals surface area contributed by atoms with Gasteiger partial charge in [0.1, 0.15) is 0 Å². The van der Waals surface area contributed by atoms with E-state index < -0.39 is 23.3 Å². The molecule has 0 atom stereocenters. The Kier molecular flexibility index (Phi) is 6.11. The number of pyridine rings is 1. The van der Waals surface area contributed by atoms with Crippen LogP contribution in [0, 0.1) is 10.1 Å². The molecular weight excluding hydrogens is 376 g/mol. The summed E-state index contributed by atoms with van der Waals surface area (Å²) in [5, 5.41) is 16.3. The molecule has 0 saturated heterocycles. The number of anilines is 2. The van der Waals surface area contributed by atoms with Crippen LogP contribution in [-0.2, 0) is 4.79 Å². The maximum atomic E-state index is 12.5. The molecule has 146 valence electrons. The van der Waals surface area contributed by atoms with Crippen molar-refractivity contribution < 1.29 is 19.2 Å². The molecule has 9 heteroatoms. The lowest BCUT2D eigenvalue weighted by Crippen LogP contribution is -2.23. The monoisotopic (exact) mass is 392 g/mol. The number of nitrogens with zero attached hydrogens (tertiary/aromatic N) is 2. The Balaban J connectivity index is 1.67. The highest BCUT2D eigenvalue weighted by Crippen LogP contribution is 2.25. The molecule has 3 rings (SSSR count). The molecule has 0 aliphatic carbocycles. The lowest BCUT2D eigenvalue weighted by molar-refractivity contribution is -0.385. The van der Waals surface area contributed by atoms with Crippen molar-refractivity contribution in [2.45, 2.75) is 0 Å². The van der Waals surface area contributed by atoms with E-state index >= 15 is 0 Å². The molecule has 2 N–H and O–H groups in total. The van der Waals surface area contributed by atoms with Crippen LogP contribution < -0.4 is 15.4 Å². The fourth-order valence-electron chi connectivity index (χ4n) is 2.48. The van der Waals surface area contributed by atoms with Gasteiger partial charge in [0, 0.05) is 12.3 Å². The van der Waals surface area contributed by atoms with Crippen LogP contribution in [0.5, 0.6) is 5.75 Å². The van der Waals surface area contributed by atoms with Crippen LogP contribution in [0.4, 0.5) is 17.1 Å². The molecule has 0 aliphatic heterocycles. The van der Waals surface area contributed by atoms with Crippen molar-refractivity contribution in [1.82, 2.24) is 4.98 Å². The maximum Gasteiger partial charge on any atom is 0.310 e. The summed E-state index contributed by atoms with van der Waals surface area (Å²) in [4.78, 5) is 39.1. The Hall–Kier alpha value is -4.27. The summed E-state index contributed by atoms with van der Waals surface area (Å²) in [5.74, 6) is -1.01. The first-order valence-corrected chi connectivity index (χ1v) is 8.51. The number of nitro groups is 1. The van der Waals surface area contributed by atoms with Gasteiger partial charge in [-0.2, -0.15) is 0 Å². The molecule has 0 aliphatic rings. The van der Waals surface area contributed by atoms with Gasteiger partial charge in [0.2, 0.25) is 0 Å². The first kappa shape index (κ1) is 19.5. The van der Waals surface area contributed by atoms with Gasteiger partial charge in [-0.05, 0) is 30.3 Å². The zero-order chi connectivity index (χ0) is 20.6. The minimum absolute atomic E-state index is 0.0183. The molecular formula is C20H16N4O5. The molecule has 9 nitrogen and oxygen atoms in total. The van der Waals surface area contributed by atoms with Crippen molar-refractivity contribution in [3.8, 4) is 5.75 Å². The predicted molar refractivity (Wildman–Crippen MR) is 106 cm³/mol. The van der Waals surface area contributed by atoms with Crippen molar-refractivity contribution >= 4 is 28.9 Å². The topological polar surface area (TPSA) is 123 Å². The quantitative estimate of drug-likeness (QED) is 0.470. The smallest absolute Gasteiger partial charge is 0.310 e. The minimum Gasteiger partial charge on any atom is -0.477 e. The SMILES string of the molecule is O=C(COc1ccccc1[N+](=O)[O-])Nc1ccccc1C(=O)Nc1cccnc1. The van der Waals surface area contributed by atoms with Crippen LogP contribution in [0.3, 0.4) is 0 Å². The fourth-order valence-corrected chi connectivity index (χ4v) is 2.48. The number of carbonyl (C=O) groups excluding carboxylic acids is 2. The summed E-state index contributed by atoms with van der Waals surface area (Å²) in [5.41, 5.74) is 0.801. The zero-order valence-corrected chi connectivity index (χ0v) is 15.1. The van der Waals surface area contributed by atoms with Crippen LogP contribution in [0.1, 0.15) is 10.4 Å². The van der Waals surface area contributed by atoms with Crippen molar-refractivity contribution in [2.24, 2.45) is 0 Å². The van der Waals surface area contributed by atoms with Crippen LogP contribution in [0.15, 0.2) is 73.1 Å². The molecule has 0 saturated carbocycles. The predicted octanol–water partition coefficient (Wildman–Crippen LogP) is 3.26. The van der Waals surface area contributed by atoms with Gasteiger partial charge >= 0.3 is 5.69 Å². The molecule has 0 radical (unpaired) electrons. The number of carbonyl (C=O) groups is 2. The molecule has 0 spiro atoms. The minimum atomic E-state index is -0.592. The number of para-hydroxylation sites is 3. The molecule has 2 amide bonds. The summed E-state index contributed by atoms with van der Waals surface area (Å²) in [6.45, 7) is -0.455. The van der Waals surface area contributed by atoms with Crippen molar-refractivity contribution in [1.29, 1.82) is 0 Å². The summed E-state index contributed by atoms with van der Waals surface area (Å²) in [7, 11) is 0. The molecule has 0 bridgehead atoms. The van der Waals surface area contributed by atoms with Gasteiger partial charge in [-0.25, -0.2) is 0 Å². The number of hydrogen-bond acceptors (Lipinski definition) is 6. The van der Waals surface area contributed by atoms with Gasteiger partial charge in [-0.1, -0.05) is 24.3 Å². The number of amides is 2. The number of benzene rings is 2. The summed E-state index contributed by atoms with van der Waals surface area (Å²) >= 11 is 0. The first-order chi connectivity index (χ1) is 14.0. The van der Waals surface area contributed by atoms with E-state index in [0.29, 0.717) is 5.69 Å². The standard InChI is InChI=1S/C20H16N4O5/c25-19(13-29-18-10-4-3-9-17(18)24(27)28)23-16-8-2-1-7-15(16)20(26)22-14-6-5-11-21-12-14/h1-12H,13H2,(H,22,26)(H,23,25). The Morgan fingerprint density at radius 2 is 1.76 bits per heavy atom. The third-order valence-corrected chi connectivity index (χ3v) is 3.79. The Morgan fingerprint density at radius 3 is 2.52 bits per heavy atom. The van der Waals surface area contributed by atoms with Gasteiger partial charge in [0.25, 0.3) is 11.8 Å². The number of nitrogens with one attached hydrogen (secondary N) is 2. The average molecular weight is 392 g/mol. The van der Waals surface area contributed by atoms with Gasteiger partial charge in [0.05, 0.1) is 28.1 Å². The largest absolute Gasteiger partial charge is 0.477 e. The number of nitro benzene ring substituents is 1. The van der Waals surface area contributed by atoms with Crippen LogP contribution >= 0.6 is 0 Å². The third kappa shape index (κ3) is 5.13. The van der Waals surface area contributed by atoms with Gasteiger partial charge in [0.15, 0.2) is 12.4 Å². The average Bonchev–Trinajstić information content (AvgIpc) is 2.73. The highest BCUT2D eigenvalue weighted by molar-refractivity contribution is 6.10. The van der Waals surface area contributed by atoms with Crippen LogP contribution in [0.25, 0.3) is 0 Å². The second kappa shape index (κ2) is 9.09. The molecule has 3 aromatic rings. The van der Waals surface area contributed by atoms with Crippen molar-refractivity contribution in [3.05, 3.63) is 88.7 Å². The lowest BCUT2D eigenvalue weighted by atomic mass is 10.1. The molecule has 1 aromatic heterocycles. The fraction of sp³-hybridized carbons (Fsp3) is 0.0500. The second-order valence-corrected chi connectivity index (χ2v) is 5.80. The number of rotatable bonds is 7. The van der Waals surface area contributed by atoms with E-state index in [4.69, 9.17) is 4.74 Å². The van der Waals surface area contributed by atoms with Crippen molar-refractivity contribution in [3.63, 3.8) is 0 Å². The molecule has 29 heavy (non-hydrogen) atoms. The molecule has 0 unspecified atom stereocenters. The highest BCUT2D eigenvalue weighted by atomic mass is 16.6. The Bertz CT molecular complexity index is 1040. The van der Waals surface area contributed by atoms with Gasteiger partial charge < -0.3 is 15.4 Å². The van der Waals surface area contributed by atoms with Crippen LogP contribution in [-0.4, -0.2) is 28.3 Å². The van der Waals surface area contributed by atoms with E-state index in [1.54, 1.807) is 48.7 Å². The van der Waals surface area contributed by atoms with E-state index in [2.05, 4.69) is 15.6 Å². The highest BCUT2D eigenvalue weighted by Gasteiger charge is 2.17. The summed E-state index contributed by atoms with van der Waals surface area (Å²) < 4.78 is 5.27. The molecule has 0 fully saturated rings. The van der Waals surface area contributed by atoms with Gasteiger partial charge in [-0.15, -0.1) is 0 Å². The number of ether oxygens (including phenoxy) is 1. The van der Waals surface area contributed by atoms with Gasteiger partial charge in [-0.3, -0.25) is 24.7 Å². The third-order valence-electron chi connectivity index (χ3n) is 3.79. The van der Waals surface area contributed by atoms with Crippen LogP contribution in [0.2, 0.25) is 0 Å². The number of aromatic nitrogens is 1. The van der Waals surface area contributed by atoms with E-state index in [9.17, 15) is 19.7 Å². The second-order valence-electron chi connectivity index (χ2n) is 5.80. The zero-order valence-electron chi connectivity index (χ0n) is 15.1. The normalized spacial score (nSPS) is 10.1. The lowest BCUT2D eigenvalue weighted by Gasteiger charge is -2.12.